The molecule has 5 heteroatoms. The van der Waals surface area contributed by atoms with E-state index in [1.807, 2.05) is 6.92 Å². The van der Waals surface area contributed by atoms with Crippen LogP contribution >= 0.6 is 0 Å². The van der Waals surface area contributed by atoms with E-state index in [4.69, 9.17) is 10.6 Å². The van der Waals surface area contributed by atoms with E-state index in [-0.39, 0.29) is 0 Å². The van der Waals surface area contributed by atoms with Gasteiger partial charge >= 0.3 is 0 Å². The van der Waals surface area contributed by atoms with Gasteiger partial charge in [0.15, 0.2) is 0 Å². The van der Waals surface area contributed by atoms with Gasteiger partial charge in [0.1, 0.15) is 11.6 Å². The zero-order chi connectivity index (χ0) is 12.1. The average Bonchev–Trinajstić information content (AvgIpc) is 2.89. The van der Waals surface area contributed by atoms with E-state index < -0.39 is 0 Å². The van der Waals surface area contributed by atoms with Crippen molar-refractivity contribution in [2.75, 3.05) is 12.0 Å². The second kappa shape index (κ2) is 5.82. The molecule has 1 fully saturated rings. The number of nitrogens with one attached hydrogen (secondary N) is 1. The lowest BCUT2D eigenvalue weighted by molar-refractivity contribution is 0.242. The van der Waals surface area contributed by atoms with Crippen LogP contribution in [0.15, 0.2) is 6.07 Å². The van der Waals surface area contributed by atoms with E-state index in [1.165, 1.54) is 25.7 Å². The molecule has 1 aromatic heterocycles. The van der Waals surface area contributed by atoms with Gasteiger partial charge in [-0.2, -0.15) is 4.98 Å². The smallest absolute Gasteiger partial charge is 0.218 e. The Bertz CT molecular complexity index is 341. The van der Waals surface area contributed by atoms with Crippen LogP contribution in [0.25, 0.3) is 0 Å². The fraction of sp³-hybridized carbons (Fsp3) is 0.667. The summed E-state index contributed by atoms with van der Waals surface area (Å²) in [5.74, 6) is 8.03. The van der Waals surface area contributed by atoms with Gasteiger partial charge in [-0.05, 0) is 18.8 Å². The fourth-order valence-corrected chi connectivity index (χ4v) is 2.16. The molecule has 0 spiro atoms. The second-order valence-electron chi connectivity index (χ2n) is 4.47. The van der Waals surface area contributed by atoms with E-state index in [1.54, 1.807) is 6.07 Å². The van der Waals surface area contributed by atoms with Crippen LogP contribution < -0.4 is 16.0 Å². The zero-order valence-corrected chi connectivity index (χ0v) is 10.3. The maximum Gasteiger partial charge on any atom is 0.218 e. The molecule has 1 saturated carbocycles. The molecule has 0 amide bonds. The van der Waals surface area contributed by atoms with Crippen molar-refractivity contribution in [2.45, 2.75) is 39.0 Å². The highest BCUT2D eigenvalue weighted by Gasteiger charge is 2.16. The van der Waals surface area contributed by atoms with Crippen LogP contribution in [0.2, 0.25) is 0 Å². The lowest BCUT2D eigenvalue weighted by Crippen LogP contribution is -2.13. The van der Waals surface area contributed by atoms with Gasteiger partial charge in [-0.3, -0.25) is 0 Å². The van der Waals surface area contributed by atoms with Gasteiger partial charge in [0.2, 0.25) is 5.88 Å². The second-order valence-corrected chi connectivity index (χ2v) is 4.47. The van der Waals surface area contributed by atoms with Gasteiger partial charge in [-0.1, -0.05) is 19.8 Å². The maximum absolute atomic E-state index is 5.73. The van der Waals surface area contributed by atoms with Gasteiger partial charge in [-0.25, -0.2) is 10.8 Å². The van der Waals surface area contributed by atoms with Gasteiger partial charge in [0.25, 0.3) is 0 Å². The van der Waals surface area contributed by atoms with Gasteiger partial charge in [0.05, 0.1) is 6.61 Å². The first-order valence-corrected chi connectivity index (χ1v) is 6.29. The minimum absolute atomic E-state index is 0.610. The lowest BCUT2D eigenvalue weighted by Gasteiger charge is -2.12. The molecule has 1 aliphatic rings. The van der Waals surface area contributed by atoms with Gasteiger partial charge in [0, 0.05) is 12.5 Å². The predicted molar refractivity (Wildman–Crippen MR) is 66.7 cm³/mol. The third-order valence-electron chi connectivity index (χ3n) is 3.15. The van der Waals surface area contributed by atoms with Crippen molar-refractivity contribution in [3.8, 4) is 5.88 Å². The van der Waals surface area contributed by atoms with E-state index >= 15 is 0 Å². The molecule has 5 nitrogen and oxygen atoms in total. The number of hydrogen-bond donors (Lipinski definition) is 2. The molecule has 94 valence electrons. The normalized spacial score (nSPS) is 16.1. The standard InChI is InChI=1S/C12H20N4O/c1-2-10-14-11(16-13)7-12(15-10)17-8-9-5-3-4-6-9/h7,9H,2-6,8,13H2,1H3,(H,14,15,16). The number of nitrogens with two attached hydrogens (primary N) is 1. The number of hydrazine groups is 1. The fourth-order valence-electron chi connectivity index (χ4n) is 2.16. The summed E-state index contributed by atoms with van der Waals surface area (Å²) in [5, 5.41) is 0. The lowest BCUT2D eigenvalue weighted by atomic mass is 10.1. The summed E-state index contributed by atoms with van der Waals surface area (Å²) in [6.45, 7) is 2.76. The molecule has 0 radical (unpaired) electrons. The molecule has 3 N–H and O–H groups in total. The number of ether oxygens (including phenoxy) is 1. The van der Waals surface area contributed by atoms with Crippen LogP contribution in [0, 0.1) is 5.92 Å². The largest absolute Gasteiger partial charge is 0.477 e. The minimum Gasteiger partial charge on any atom is -0.477 e. The number of nitrogens with zero attached hydrogens (tertiary/aromatic N) is 2. The van der Waals surface area contributed by atoms with Crippen LogP contribution in [0.1, 0.15) is 38.4 Å². The Balaban J connectivity index is 1.98. The number of nitrogen functional groups attached to an aromatic ring is 1. The van der Waals surface area contributed by atoms with E-state index in [9.17, 15) is 0 Å². The Hall–Kier alpha value is -1.36. The van der Waals surface area contributed by atoms with Crippen molar-refractivity contribution in [1.29, 1.82) is 0 Å². The molecule has 1 aromatic rings. The number of aromatic nitrogens is 2. The molecule has 0 atom stereocenters. The van der Waals surface area contributed by atoms with Crippen LogP contribution in [0.3, 0.4) is 0 Å². The maximum atomic E-state index is 5.73. The summed E-state index contributed by atoms with van der Waals surface area (Å²) in [6, 6.07) is 1.74. The Morgan fingerprint density at radius 2 is 2.18 bits per heavy atom. The summed E-state index contributed by atoms with van der Waals surface area (Å²) in [7, 11) is 0. The van der Waals surface area contributed by atoms with Crippen molar-refractivity contribution in [1.82, 2.24) is 9.97 Å². The summed E-state index contributed by atoms with van der Waals surface area (Å²) in [4.78, 5) is 8.55. The Morgan fingerprint density at radius 3 is 2.82 bits per heavy atom. The van der Waals surface area contributed by atoms with E-state index in [0.29, 0.717) is 17.6 Å². The van der Waals surface area contributed by atoms with Crippen molar-refractivity contribution >= 4 is 5.82 Å². The van der Waals surface area contributed by atoms with Crippen molar-refractivity contribution in [2.24, 2.45) is 11.8 Å². The van der Waals surface area contributed by atoms with Crippen LogP contribution in [0.5, 0.6) is 5.88 Å². The molecular formula is C12H20N4O. The molecule has 2 rings (SSSR count). The number of rotatable bonds is 5. The monoisotopic (exact) mass is 236 g/mol. The quantitative estimate of drug-likeness (QED) is 0.603. The Morgan fingerprint density at radius 1 is 1.41 bits per heavy atom. The molecule has 0 bridgehead atoms. The van der Waals surface area contributed by atoms with Gasteiger partial charge in [-0.15, -0.1) is 0 Å². The highest BCUT2D eigenvalue weighted by atomic mass is 16.5. The van der Waals surface area contributed by atoms with Crippen molar-refractivity contribution < 1.29 is 4.74 Å². The number of aryl methyl sites for hydroxylation is 1. The van der Waals surface area contributed by atoms with Crippen LogP contribution in [0.4, 0.5) is 5.82 Å². The molecule has 17 heavy (non-hydrogen) atoms. The first-order valence-electron chi connectivity index (χ1n) is 6.29. The summed E-state index contributed by atoms with van der Waals surface area (Å²) in [5.41, 5.74) is 2.54. The third-order valence-corrected chi connectivity index (χ3v) is 3.15. The zero-order valence-electron chi connectivity index (χ0n) is 10.3. The molecule has 0 aliphatic heterocycles. The van der Waals surface area contributed by atoms with E-state index in [0.717, 1.165) is 18.9 Å². The van der Waals surface area contributed by atoms with Crippen molar-refractivity contribution in [3.63, 3.8) is 0 Å². The third kappa shape index (κ3) is 3.30. The summed E-state index contributed by atoms with van der Waals surface area (Å²) in [6.07, 6.45) is 5.97. The average molecular weight is 236 g/mol. The molecule has 1 aliphatic carbocycles. The highest BCUT2D eigenvalue weighted by Crippen LogP contribution is 2.25. The minimum atomic E-state index is 0.610. The highest BCUT2D eigenvalue weighted by molar-refractivity contribution is 5.36. The summed E-state index contributed by atoms with van der Waals surface area (Å²) >= 11 is 0. The van der Waals surface area contributed by atoms with Crippen LogP contribution in [-0.4, -0.2) is 16.6 Å². The molecule has 0 saturated heterocycles. The first kappa shape index (κ1) is 12.1. The SMILES string of the molecule is CCc1nc(NN)cc(OCC2CCCC2)n1. The predicted octanol–water partition coefficient (Wildman–Crippen LogP) is 1.89. The molecular weight excluding hydrogens is 216 g/mol. The molecule has 0 unspecified atom stereocenters. The topological polar surface area (TPSA) is 73.1 Å². The molecule has 1 heterocycles. The van der Waals surface area contributed by atoms with Crippen molar-refractivity contribution in [3.05, 3.63) is 11.9 Å². The van der Waals surface area contributed by atoms with Crippen LogP contribution in [-0.2, 0) is 6.42 Å². The Kier molecular flexibility index (Phi) is 4.14. The Labute approximate surface area is 102 Å². The summed E-state index contributed by atoms with van der Waals surface area (Å²) < 4.78 is 5.73. The number of anilines is 1. The molecule has 0 aromatic carbocycles. The number of hydrogen-bond acceptors (Lipinski definition) is 5. The van der Waals surface area contributed by atoms with Gasteiger partial charge < -0.3 is 10.2 Å². The first-order chi connectivity index (χ1) is 8.31. The van der Waals surface area contributed by atoms with E-state index in [2.05, 4.69) is 15.4 Å².